The van der Waals surface area contributed by atoms with Crippen molar-refractivity contribution >= 4 is 16.6 Å². The monoisotopic (exact) mass is 291 g/mol. The molecule has 5 heteroatoms. The molecule has 0 radical (unpaired) electrons. The molecule has 3 aromatic heterocycles. The zero-order valence-corrected chi connectivity index (χ0v) is 12.2. The lowest BCUT2D eigenvalue weighted by Crippen LogP contribution is -2.43. The highest BCUT2D eigenvalue weighted by Gasteiger charge is 2.15. The summed E-state index contributed by atoms with van der Waals surface area (Å²) in [5.74, 6) is 0. The van der Waals surface area contributed by atoms with Gasteiger partial charge in [0.05, 0.1) is 17.4 Å². The summed E-state index contributed by atoms with van der Waals surface area (Å²) in [6, 6.07) is 8.22. The van der Waals surface area contributed by atoms with Gasteiger partial charge in [0.15, 0.2) is 0 Å². The van der Waals surface area contributed by atoms with Crippen LogP contribution in [0.4, 0.5) is 5.69 Å². The lowest BCUT2D eigenvalue weighted by molar-refractivity contribution is 0.590. The van der Waals surface area contributed by atoms with Crippen LogP contribution >= 0.6 is 0 Å². The molecule has 0 unspecified atom stereocenters. The molecule has 0 bridgehead atoms. The van der Waals surface area contributed by atoms with E-state index in [4.69, 9.17) is 4.98 Å². The Morgan fingerprint density at radius 1 is 0.955 bits per heavy atom. The molecule has 0 saturated carbocycles. The molecule has 5 nitrogen and oxygen atoms in total. The van der Waals surface area contributed by atoms with Crippen LogP contribution in [0.2, 0.25) is 0 Å². The molecule has 0 aliphatic carbocycles. The number of piperazine rings is 1. The molecule has 110 valence electrons. The number of rotatable bonds is 2. The molecule has 1 fully saturated rings. The minimum absolute atomic E-state index is 0.936. The molecule has 0 spiro atoms. The van der Waals surface area contributed by atoms with Crippen LogP contribution in [0.1, 0.15) is 0 Å². The van der Waals surface area contributed by atoms with Gasteiger partial charge in [-0.25, -0.2) is 4.98 Å². The maximum absolute atomic E-state index is 4.77. The Hall–Kier alpha value is -2.53. The van der Waals surface area contributed by atoms with Crippen LogP contribution in [0.15, 0.2) is 49.1 Å². The van der Waals surface area contributed by atoms with E-state index in [1.807, 2.05) is 24.5 Å². The zero-order chi connectivity index (χ0) is 14.8. The van der Waals surface area contributed by atoms with Crippen molar-refractivity contribution in [3.63, 3.8) is 0 Å². The number of hydrogen-bond donors (Lipinski definition) is 1. The van der Waals surface area contributed by atoms with Crippen molar-refractivity contribution in [3.05, 3.63) is 49.1 Å². The number of nitrogens with one attached hydrogen (secondary N) is 1. The number of nitrogens with zero attached hydrogens (tertiary/aromatic N) is 4. The Morgan fingerprint density at radius 2 is 1.73 bits per heavy atom. The molecule has 3 aromatic rings. The second-order valence-corrected chi connectivity index (χ2v) is 5.39. The first-order chi connectivity index (χ1) is 10.9. The van der Waals surface area contributed by atoms with E-state index in [9.17, 15) is 0 Å². The van der Waals surface area contributed by atoms with E-state index < -0.39 is 0 Å². The Morgan fingerprint density at radius 3 is 2.55 bits per heavy atom. The summed E-state index contributed by atoms with van der Waals surface area (Å²) in [5.41, 5.74) is 4.22. The van der Waals surface area contributed by atoms with E-state index in [0.29, 0.717) is 0 Å². The maximum atomic E-state index is 4.77. The fraction of sp³-hybridized carbons (Fsp3) is 0.235. The number of hydrogen-bond acceptors (Lipinski definition) is 5. The maximum Gasteiger partial charge on any atom is 0.0913 e. The topological polar surface area (TPSA) is 53.9 Å². The SMILES string of the molecule is c1cc(-c2cc(N3CCNCC3)c3ccncc3n2)ccn1. The first kappa shape index (κ1) is 13.2. The van der Waals surface area contributed by atoms with Gasteiger partial charge in [0.2, 0.25) is 0 Å². The summed E-state index contributed by atoms with van der Waals surface area (Å²) in [5, 5.41) is 4.56. The van der Waals surface area contributed by atoms with Crippen LogP contribution in [0, 0.1) is 0 Å². The minimum atomic E-state index is 0.936. The summed E-state index contributed by atoms with van der Waals surface area (Å²) in [6.07, 6.45) is 7.28. The lowest BCUT2D eigenvalue weighted by Gasteiger charge is -2.30. The standard InChI is InChI=1S/C17H17N5/c1-4-18-5-2-13(1)15-11-17(22-9-7-19-8-10-22)14-3-6-20-12-16(14)21-15/h1-6,11-12,19H,7-10H2. The summed E-state index contributed by atoms with van der Waals surface area (Å²) in [6.45, 7) is 4.05. The molecule has 4 rings (SSSR count). The van der Waals surface area contributed by atoms with Gasteiger partial charge in [0.1, 0.15) is 0 Å². The van der Waals surface area contributed by atoms with Gasteiger partial charge >= 0.3 is 0 Å². The fourth-order valence-electron chi connectivity index (χ4n) is 2.90. The molecule has 1 aliphatic rings. The van der Waals surface area contributed by atoms with Crippen molar-refractivity contribution in [1.29, 1.82) is 0 Å². The van der Waals surface area contributed by atoms with Gasteiger partial charge in [-0.1, -0.05) is 0 Å². The van der Waals surface area contributed by atoms with E-state index in [-0.39, 0.29) is 0 Å². The van der Waals surface area contributed by atoms with Gasteiger partial charge in [-0.2, -0.15) is 0 Å². The Kier molecular flexibility index (Phi) is 3.40. The summed E-state index contributed by atoms with van der Waals surface area (Å²) in [4.78, 5) is 15.5. The Balaban J connectivity index is 1.89. The fourth-order valence-corrected chi connectivity index (χ4v) is 2.90. The van der Waals surface area contributed by atoms with E-state index in [1.54, 1.807) is 12.4 Å². The molecule has 0 atom stereocenters. The van der Waals surface area contributed by atoms with E-state index in [1.165, 1.54) is 5.69 Å². The van der Waals surface area contributed by atoms with Crippen LogP contribution in [0.5, 0.6) is 0 Å². The Labute approximate surface area is 129 Å². The van der Waals surface area contributed by atoms with Crippen molar-refractivity contribution in [2.75, 3.05) is 31.1 Å². The quantitative estimate of drug-likeness (QED) is 0.783. The highest BCUT2D eigenvalue weighted by atomic mass is 15.2. The Bertz CT molecular complexity index is 781. The lowest BCUT2D eigenvalue weighted by atomic mass is 10.1. The third-order valence-corrected chi connectivity index (χ3v) is 4.02. The normalized spacial score (nSPS) is 15.2. The van der Waals surface area contributed by atoms with Crippen LogP contribution in [0.25, 0.3) is 22.2 Å². The molecule has 1 aliphatic heterocycles. The second kappa shape index (κ2) is 5.69. The first-order valence-corrected chi connectivity index (χ1v) is 7.53. The highest BCUT2D eigenvalue weighted by molar-refractivity contribution is 5.93. The van der Waals surface area contributed by atoms with E-state index >= 15 is 0 Å². The summed E-state index contributed by atoms with van der Waals surface area (Å²) >= 11 is 0. The van der Waals surface area contributed by atoms with Crippen molar-refractivity contribution in [3.8, 4) is 11.3 Å². The first-order valence-electron chi connectivity index (χ1n) is 7.53. The van der Waals surface area contributed by atoms with E-state index in [2.05, 4.69) is 32.3 Å². The van der Waals surface area contributed by atoms with Gasteiger partial charge < -0.3 is 10.2 Å². The van der Waals surface area contributed by atoms with Crippen molar-refractivity contribution in [2.45, 2.75) is 0 Å². The van der Waals surface area contributed by atoms with Crippen molar-refractivity contribution in [2.24, 2.45) is 0 Å². The number of aromatic nitrogens is 3. The number of anilines is 1. The van der Waals surface area contributed by atoms with Crippen LogP contribution in [0.3, 0.4) is 0 Å². The predicted octanol–water partition coefficient (Wildman–Crippen LogP) is 2.10. The molecule has 4 heterocycles. The predicted molar refractivity (Wildman–Crippen MR) is 87.9 cm³/mol. The smallest absolute Gasteiger partial charge is 0.0913 e. The molecule has 0 aromatic carbocycles. The molecule has 0 amide bonds. The largest absolute Gasteiger partial charge is 0.368 e. The summed E-state index contributed by atoms with van der Waals surface area (Å²) < 4.78 is 0. The zero-order valence-electron chi connectivity index (χ0n) is 12.2. The molecular formula is C17H17N5. The summed E-state index contributed by atoms with van der Waals surface area (Å²) in [7, 11) is 0. The molecule has 1 N–H and O–H groups in total. The number of pyridine rings is 3. The van der Waals surface area contributed by atoms with Crippen molar-refractivity contribution in [1.82, 2.24) is 20.3 Å². The van der Waals surface area contributed by atoms with Gasteiger partial charge in [-0.3, -0.25) is 9.97 Å². The average Bonchev–Trinajstić information content (AvgIpc) is 2.62. The van der Waals surface area contributed by atoms with Crippen LogP contribution in [-0.2, 0) is 0 Å². The van der Waals surface area contributed by atoms with E-state index in [0.717, 1.165) is 48.3 Å². The third-order valence-electron chi connectivity index (χ3n) is 4.02. The van der Waals surface area contributed by atoms with Gasteiger partial charge in [-0.05, 0) is 24.3 Å². The van der Waals surface area contributed by atoms with Gasteiger partial charge in [-0.15, -0.1) is 0 Å². The van der Waals surface area contributed by atoms with Crippen molar-refractivity contribution < 1.29 is 0 Å². The molecule has 1 saturated heterocycles. The van der Waals surface area contributed by atoms with Crippen LogP contribution in [-0.4, -0.2) is 41.1 Å². The van der Waals surface area contributed by atoms with Gasteiger partial charge in [0, 0.05) is 61.4 Å². The average molecular weight is 291 g/mol. The molecular weight excluding hydrogens is 274 g/mol. The minimum Gasteiger partial charge on any atom is -0.368 e. The highest BCUT2D eigenvalue weighted by Crippen LogP contribution is 2.30. The van der Waals surface area contributed by atoms with Crippen LogP contribution < -0.4 is 10.2 Å². The van der Waals surface area contributed by atoms with Gasteiger partial charge in [0.25, 0.3) is 0 Å². The second-order valence-electron chi connectivity index (χ2n) is 5.39. The number of fused-ring (bicyclic) bond motifs is 1. The third kappa shape index (κ3) is 2.40. The molecule has 22 heavy (non-hydrogen) atoms.